The number of hydrogen-bond acceptors (Lipinski definition) is 3. The molecular weight excluding hydrogens is 258 g/mol. The van der Waals surface area contributed by atoms with Gasteiger partial charge in [0, 0.05) is 6.54 Å². The second-order valence-corrected chi connectivity index (χ2v) is 6.57. The zero-order valence-corrected chi connectivity index (χ0v) is 12.2. The molecule has 1 saturated heterocycles. The summed E-state index contributed by atoms with van der Waals surface area (Å²) in [6.07, 6.45) is 10.0. The van der Waals surface area contributed by atoms with E-state index in [0.717, 1.165) is 12.2 Å². The largest absolute Gasteiger partial charge is 0.297 e. The molecule has 2 fully saturated rings. The number of hydrogen-bond donors (Lipinski definition) is 0. The van der Waals surface area contributed by atoms with Crippen LogP contribution in [-0.2, 0) is 6.54 Å². The van der Waals surface area contributed by atoms with Gasteiger partial charge in [0.05, 0.1) is 5.69 Å². The Balaban J connectivity index is 1.54. The minimum absolute atomic E-state index is 0.476. The van der Waals surface area contributed by atoms with Gasteiger partial charge in [0.1, 0.15) is 0 Å². The Bertz CT molecular complexity index is 402. The molecule has 1 aromatic heterocycles. The van der Waals surface area contributed by atoms with Crippen molar-refractivity contribution in [2.24, 2.45) is 5.41 Å². The molecule has 19 heavy (non-hydrogen) atoms. The summed E-state index contributed by atoms with van der Waals surface area (Å²) in [5.74, 6) is 0. The fourth-order valence-electron chi connectivity index (χ4n) is 3.64. The Morgan fingerprint density at radius 1 is 1.00 bits per heavy atom. The van der Waals surface area contributed by atoms with Crippen LogP contribution in [-0.4, -0.2) is 28.2 Å². The van der Waals surface area contributed by atoms with Crippen LogP contribution >= 0.6 is 11.6 Å². The third-order valence-corrected chi connectivity index (χ3v) is 5.11. The molecule has 0 atom stereocenters. The van der Waals surface area contributed by atoms with Gasteiger partial charge in [-0.2, -0.15) is 5.10 Å². The fraction of sp³-hybridized carbons (Fsp3) is 0.733. The molecule has 1 aromatic rings. The van der Waals surface area contributed by atoms with E-state index in [1.807, 2.05) is 12.1 Å². The molecule has 4 heteroatoms. The molecule has 0 amide bonds. The molecule has 3 rings (SSSR count). The first-order valence-corrected chi connectivity index (χ1v) is 7.84. The van der Waals surface area contributed by atoms with Crippen LogP contribution in [0.3, 0.4) is 0 Å². The molecule has 0 radical (unpaired) electrons. The highest BCUT2D eigenvalue weighted by molar-refractivity contribution is 6.29. The van der Waals surface area contributed by atoms with Crippen molar-refractivity contribution in [2.45, 2.75) is 51.5 Å². The predicted octanol–water partition coefficient (Wildman–Crippen LogP) is 3.68. The molecule has 1 saturated carbocycles. The summed E-state index contributed by atoms with van der Waals surface area (Å²) in [7, 11) is 0. The second kappa shape index (κ2) is 5.76. The minimum Gasteiger partial charge on any atom is -0.297 e. The third kappa shape index (κ3) is 3.26. The summed E-state index contributed by atoms with van der Waals surface area (Å²) in [5, 5.41) is 8.55. The second-order valence-electron chi connectivity index (χ2n) is 6.18. The molecule has 2 aliphatic rings. The zero-order chi connectivity index (χ0) is 13.1. The highest BCUT2D eigenvalue weighted by Crippen LogP contribution is 2.44. The zero-order valence-electron chi connectivity index (χ0n) is 11.4. The van der Waals surface area contributed by atoms with Gasteiger partial charge in [-0.25, -0.2) is 0 Å². The van der Waals surface area contributed by atoms with Crippen LogP contribution < -0.4 is 0 Å². The number of nitrogens with zero attached hydrogens (tertiary/aromatic N) is 3. The first kappa shape index (κ1) is 13.3. The van der Waals surface area contributed by atoms with Crippen LogP contribution in [0.4, 0.5) is 0 Å². The van der Waals surface area contributed by atoms with Gasteiger partial charge in [0.25, 0.3) is 0 Å². The smallest absolute Gasteiger partial charge is 0.151 e. The highest BCUT2D eigenvalue weighted by Gasteiger charge is 2.35. The van der Waals surface area contributed by atoms with Crippen molar-refractivity contribution in [3.05, 3.63) is 23.0 Å². The van der Waals surface area contributed by atoms with Crippen molar-refractivity contribution in [1.29, 1.82) is 0 Å². The maximum absolute atomic E-state index is 5.76. The van der Waals surface area contributed by atoms with Gasteiger partial charge in [-0.05, 0) is 56.3 Å². The minimum atomic E-state index is 0.476. The van der Waals surface area contributed by atoms with Gasteiger partial charge in [-0.15, -0.1) is 5.10 Å². The van der Waals surface area contributed by atoms with Crippen molar-refractivity contribution >= 4 is 11.6 Å². The summed E-state index contributed by atoms with van der Waals surface area (Å²) in [6.45, 7) is 3.34. The summed E-state index contributed by atoms with van der Waals surface area (Å²) in [5.41, 5.74) is 1.71. The van der Waals surface area contributed by atoms with Crippen LogP contribution in [0.5, 0.6) is 0 Å². The Labute approximate surface area is 120 Å². The van der Waals surface area contributed by atoms with Crippen LogP contribution in [0.2, 0.25) is 5.15 Å². The van der Waals surface area contributed by atoms with E-state index in [-0.39, 0.29) is 0 Å². The predicted molar refractivity (Wildman–Crippen MR) is 77.1 cm³/mol. The molecular formula is C15H22ClN3. The number of rotatable bonds is 2. The third-order valence-electron chi connectivity index (χ3n) is 4.90. The van der Waals surface area contributed by atoms with Crippen LogP contribution in [0.1, 0.15) is 50.6 Å². The molecule has 104 valence electrons. The van der Waals surface area contributed by atoms with Crippen molar-refractivity contribution in [3.8, 4) is 0 Å². The average Bonchev–Trinajstić information content (AvgIpc) is 2.45. The lowest BCUT2D eigenvalue weighted by Gasteiger charge is -2.44. The summed E-state index contributed by atoms with van der Waals surface area (Å²) in [4.78, 5) is 2.51. The van der Waals surface area contributed by atoms with Crippen molar-refractivity contribution < 1.29 is 0 Å². The van der Waals surface area contributed by atoms with Gasteiger partial charge in [-0.3, -0.25) is 4.90 Å². The van der Waals surface area contributed by atoms with E-state index in [4.69, 9.17) is 11.6 Å². The molecule has 0 unspecified atom stereocenters. The van der Waals surface area contributed by atoms with E-state index < -0.39 is 0 Å². The first-order chi connectivity index (χ1) is 9.26. The maximum atomic E-state index is 5.76. The Morgan fingerprint density at radius 2 is 1.74 bits per heavy atom. The molecule has 2 heterocycles. The summed E-state index contributed by atoms with van der Waals surface area (Å²) >= 11 is 5.76. The number of aromatic nitrogens is 2. The monoisotopic (exact) mass is 279 g/mol. The molecule has 0 N–H and O–H groups in total. The van der Waals surface area contributed by atoms with Gasteiger partial charge in [0.15, 0.2) is 5.15 Å². The molecule has 1 aliphatic heterocycles. The van der Waals surface area contributed by atoms with Gasteiger partial charge in [-0.1, -0.05) is 30.9 Å². The molecule has 1 aliphatic carbocycles. The summed E-state index contributed by atoms with van der Waals surface area (Å²) in [6, 6.07) is 3.82. The Hall–Kier alpha value is -0.670. The van der Waals surface area contributed by atoms with Crippen LogP contribution in [0.15, 0.2) is 12.1 Å². The molecule has 1 spiro atoms. The SMILES string of the molecule is Clc1ccc(CN2CCC3(CCCCC3)CC2)nn1. The lowest BCUT2D eigenvalue weighted by molar-refractivity contribution is 0.0634. The van der Waals surface area contributed by atoms with Gasteiger partial charge in [0.2, 0.25) is 0 Å². The number of piperidine rings is 1. The van der Waals surface area contributed by atoms with E-state index in [2.05, 4.69) is 15.1 Å². The quantitative estimate of drug-likeness (QED) is 0.827. The normalized spacial score (nSPS) is 23.6. The Kier molecular flexibility index (Phi) is 4.04. The molecule has 0 aromatic carbocycles. The topological polar surface area (TPSA) is 29.0 Å². The maximum Gasteiger partial charge on any atom is 0.151 e. The Morgan fingerprint density at radius 3 is 2.37 bits per heavy atom. The van der Waals surface area contributed by atoms with E-state index >= 15 is 0 Å². The highest BCUT2D eigenvalue weighted by atomic mass is 35.5. The summed E-state index contributed by atoms with van der Waals surface area (Å²) < 4.78 is 0. The van der Waals surface area contributed by atoms with E-state index in [1.54, 1.807) is 0 Å². The van der Waals surface area contributed by atoms with Crippen molar-refractivity contribution in [3.63, 3.8) is 0 Å². The van der Waals surface area contributed by atoms with Gasteiger partial charge >= 0.3 is 0 Å². The van der Waals surface area contributed by atoms with Crippen molar-refractivity contribution in [1.82, 2.24) is 15.1 Å². The first-order valence-electron chi connectivity index (χ1n) is 7.46. The van der Waals surface area contributed by atoms with Crippen LogP contribution in [0, 0.1) is 5.41 Å². The van der Waals surface area contributed by atoms with E-state index in [9.17, 15) is 0 Å². The fourth-order valence-corrected chi connectivity index (χ4v) is 3.75. The van der Waals surface area contributed by atoms with Crippen LogP contribution in [0.25, 0.3) is 0 Å². The lowest BCUT2D eigenvalue weighted by Crippen LogP contribution is -2.40. The van der Waals surface area contributed by atoms with Gasteiger partial charge < -0.3 is 0 Å². The lowest BCUT2D eigenvalue weighted by atomic mass is 9.68. The van der Waals surface area contributed by atoms with E-state index in [1.165, 1.54) is 58.0 Å². The standard InChI is InChI=1S/C15H22ClN3/c16-14-5-4-13(17-18-14)12-19-10-8-15(9-11-19)6-2-1-3-7-15/h4-5H,1-3,6-12H2. The number of halogens is 1. The number of likely N-dealkylation sites (tertiary alicyclic amines) is 1. The van der Waals surface area contributed by atoms with Crippen molar-refractivity contribution in [2.75, 3.05) is 13.1 Å². The van der Waals surface area contributed by atoms with E-state index in [0.29, 0.717) is 10.6 Å². The average molecular weight is 280 g/mol. The molecule has 3 nitrogen and oxygen atoms in total. The molecule has 0 bridgehead atoms.